The van der Waals surface area contributed by atoms with E-state index in [0.717, 1.165) is 39.1 Å². The van der Waals surface area contributed by atoms with Gasteiger partial charge in [-0.15, -0.1) is 0 Å². The van der Waals surface area contributed by atoms with Gasteiger partial charge in [0.2, 0.25) is 0 Å². The van der Waals surface area contributed by atoms with E-state index in [1.165, 1.54) is 0 Å². The second-order valence-electron chi connectivity index (χ2n) is 6.38. The van der Waals surface area contributed by atoms with Crippen molar-refractivity contribution in [3.8, 4) is 0 Å². The van der Waals surface area contributed by atoms with Crippen molar-refractivity contribution in [2.24, 2.45) is 0 Å². The number of carbonyl (C=O) groups excluding carboxylic acids is 2. The highest BCUT2D eigenvalue weighted by atomic mass is 16.2. The number of hydrogen-bond acceptors (Lipinski definition) is 3. The highest BCUT2D eigenvalue weighted by Gasteiger charge is 2.22. The quantitative estimate of drug-likeness (QED) is 0.890. The molecular weight excluding hydrogens is 304 g/mol. The first-order chi connectivity index (χ1) is 11.5. The Morgan fingerprint density at radius 1 is 1.12 bits per heavy atom. The van der Waals surface area contributed by atoms with Gasteiger partial charge in [-0.2, -0.15) is 0 Å². The van der Waals surface area contributed by atoms with Crippen LogP contribution < -0.4 is 10.6 Å². The SMILES string of the molecule is CCN1CCCN(C(=O)c2ccccc2NC(=O)NC(C)C)CC1. The number of urea groups is 1. The highest BCUT2D eigenvalue weighted by molar-refractivity contribution is 6.03. The Hall–Kier alpha value is -2.08. The summed E-state index contributed by atoms with van der Waals surface area (Å²) in [4.78, 5) is 29.1. The van der Waals surface area contributed by atoms with Gasteiger partial charge in [0.25, 0.3) is 5.91 Å². The van der Waals surface area contributed by atoms with Crippen LogP contribution in [0.4, 0.5) is 10.5 Å². The Kier molecular flexibility index (Phi) is 6.61. The van der Waals surface area contributed by atoms with Crippen molar-refractivity contribution in [1.29, 1.82) is 0 Å². The first-order valence-electron chi connectivity index (χ1n) is 8.69. The minimum absolute atomic E-state index is 0.0200. The van der Waals surface area contributed by atoms with Crippen LogP contribution in [0.1, 0.15) is 37.6 Å². The van der Waals surface area contributed by atoms with Gasteiger partial charge in [0.05, 0.1) is 11.3 Å². The van der Waals surface area contributed by atoms with Crippen molar-refractivity contribution in [2.75, 3.05) is 38.0 Å². The lowest BCUT2D eigenvalue weighted by molar-refractivity contribution is 0.0763. The van der Waals surface area contributed by atoms with E-state index in [4.69, 9.17) is 0 Å². The van der Waals surface area contributed by atoms with Crippen LogP contribution in [0.25, 0.3) is 0 Å². The van der Waals surface area contributed by atoms with Crippen molar-refractivity contribution in [1.82, 2.24) is 15.1 Å². The average Bonchev–Trinajstić information content (AvgIpc) is 2.79. The molecule has 3 amide bonds. The summed E-state index contributed by atoms with van der Waals surface area (Å²) in [6.45, 7) is 10.3. The van der Waals surface area contributed by atoms with Gasteiger partial charge in [0.1, 0.15) is 0 Å². The number of likely N-dealkylation sites (N-methyl/N-ethyl adjacent to an activating group) is 1. The normalized spacial score (nSPS) is 15.9. The molecule has 1 aliphatic rings. The maximum Gasteiger partial charge on any atom is 0.319 e. The first kappa shape index (κ1) is 18.3. The fourth-order valence-corrected chi connectivity index (χ4v) is 2.86. The molecule has 1 fully saturated rings. The molecule has 0 aromatic heterocycles. The summed E-state index contributed by atoms with van der Waals surface area (Å²) in [5.74, 6) is -0.0200. The van der Waals surface area contributed by atoms with Crippen LogP contribution in [0, 0.1) is 0 Å². The lowest BCUT2D eigenvalue weighted by atomic mass is 10.1. The van der Waals surface area contributed by atoms with E-state index in [2.05, 4.69) is 22.5 Å². The number of carbonyl (C=O) groups is 2. The van der Waals surface area contributed by atoms with Crippen molar-refractivity contribution < 1.29 is 9.59 Å². The molecule has 132 valence electrons. The van der Waals surface area contributed by atoms with E-state index in [1.54, 1.807) is 12.1 Å². The molecule has 1 saturated heterocycles. The number of rotatable bonds is 4. The molecule has 0 saturated carbocycles. The number of nitrogens with one attached hydrogen (secondary N) is 2. The standard InChI is InChI=1S/C18H28N4O2/c1-4-21-10-7-11-22(13-12-21)17(23)15-8-5-6-9-16(15)20-18(24)19-14(2)3/h5-6,8-9,14H,4,7,10-13H2,1-3H3,(H2,19,20,24). The van der Waals surface area contributed by atoms with E-state index < -0.39 is 0 Å². The summed E-state index contributed by atoms with van der Waals surface area (Å²) in [5, 5.41) is 5.57. The topological polar surface area (TPSA) is 64.7 Å². The fraction of sp³-hybridized carbons (Fsp3) is 0.556. The molecular formula is C18H28N4O2. The molecule has 24 heavy (non-hydrogen) atoms. The molecule has 0 radical (unpaired) electrons. The van der Waals surface area contributed by atoms with Gasteiger partial charge in [0.15, 0.2) is 0 Å². The first-order valence-corrected chi connectivity index (χ1v) is 8.69. The number of benzene rings is 1. The maximum absolute atomic E-state index is 12.9. The summed E-state index contributed by atoms with van der Waals surface area (Å²) in [6, 6.07) is 6.94. The van der Waals surface area contributed by atoms with Gasteiger partial charge in [0, 0.05) is 25.7 Å². The molecule has 1 aromatic rings. The van der Waals surface area contributed by atoms with Crippen molar-refractivity contribution in [3.63, 3.8) is 0 Å². The second-order valence-corrected chi connectivity index (χ2v) is 6.38. The van der Waals surface area contributed by atoms with E-state index in [0.29, 0.717) is 11.3 Å². The molecule has 1 heterocycles. The number of anilines is 1. The molecule has 1 aromatic carbocycles. The minimum atomic E-state index is -0.293. The summed E-state index contributed by atoms with van der Waals surface area (Å²) in [5.41, 5.74) is 1.10. The number of para-hydroxylation sites is 1. The Labute approximate surface area is 144 Å². The third-order valence-corrected chi connectivity index (χ3v) is 4.15. The van der Waals surface area contributed by atoms with Gasteiger partial charge in [-0.3, -0.25) is 4.79 Å². The Bertz CT molecular complexity index is 574. The van der Waals surface area contributed by atoms with Crippen LogP contribution in [0.2, 0.25) is 0 Å². The van der Waals surface area contributed by atoms with Crippen LogP contribution in [-0.4, -0.2) is 60.5 Å². The second kappa shape index (κ2) is 8.68. The molecule has 2 N–H and O–H groups in total. The van der Waals surface area contributed by atoms with E-state index in [1.807, 2.05) is 30.9 Å². The molecule has 2 rings (SSSR count). The molecule has 0 atom stereocenters. The monoisotopic (exact) mass is 332 g/mol. The van der Waals surface area contributed by atoms with Gasteiger partial charge in [-0.05, 0) is 45.5 Å². The largest absolute Gasteiger partial charge is 0.337 e. The summed E-state index contributed by atoms with van der Waals surface area (Å²) >= 11 is 0. The lowest BCUT2D eigenvalue weighted by Gasteiger charge is -2.22. The van der Waals surface area contributed by atoms with Gasteiger partial charge >= 0.3 is 6.03 Å². The minimum Gasteiger partial charge on any atom is -0.337 e. The third-order valence-electron chi connectivity index (χ3n) is 4.15. The molecule has 1 aliphatic heterocycles. The Balaban J connectivity index is 2.10. The fourth-order valence-electron chi connectivity index (χ4n) is 2.86. The van der Waals surface area contributed by atoms with Crippen molar-refractivity contribution >= 4 is 17.6 Å². The predicted molar refractivity (Wildman–Crippen MR) is 96.4 cm³/mol. The molecule has 0 unspecified atom stereocenters. The summed E-state index contributed by atoms with van der Waals surface area (Å²) in [6.07, 6.45) is 0.975. The van der Waals surface area contributed by atoms with Crippen LogP contribution in [0.15, 0.2) is 24.3 Å². The van der Waals surface area contributed by atoms with E-state index in [-0.39, 0.29) is 18.0 Å². The summed E-state index contributed by atoms with van der Waals surface area (Å²) < 4.78 is 0. The lowest BCUT2D eigenvalue weighted by Crippen LogP contribution is -2.37. The molecule has 0 aliphatic carbocycles. The molecule has 0 bridgehead atoms. The Morgan fingerprint density at radius 3 is 2.58 bits per heavy atom. The number of nitrogens with zero attached hydrogens (tertiary/aromatic N) is 2. The third kappa shape index (κ3) is 4.96. The van der Waals surface area contributed by atoms with Gasteiger partial charge < -0.3 is 20.4 Å². The number of hydrogen-bond donors (Lipinski definition) is 2. The smallest absolute Gasteiger partial charge is 0.319 e. The zero-order chi connectivity index (χ0) is 17.5. The van der Waals surface area contributed by atoms with Crippen LogP contribution in [-0.2, 0) is 0 Å². The van der Waals surface area contributed by atoms with Gasteiger partial charge in [-0.1, -0.05) is 19.1 Å². The highest BCUT2D eigenvalue weighted by Crippen LogP contribution is 2.18. The van der Waals surface area contributed by atoms with Gasteiger partial charge in [-0.25, -0.2) is 4.79 Å². The molecule has 6 nitrogen and oxygen atoms in total. The van der Waals surface area contributed by atoms with Crippen LogP contribution >= 0.6 is 0 Å². The zero-order valence-electron chi connectivity index (χ0n) is 14.8. The Morgan fingerprint density at radius 2 is 1.88 bits per heavy atom. The molecule has 6 heteroatoms. The number of amides is 3. The zero-order valence-corrected chi connectivity index (χ0v) is 14.8. The van der Waals surface area contributed by atoms with E-state index >= 15 is 0 Å². The van der Waals surface area contributed by atoms with Crippen molar-refractivity contribution in [2.45, 2.75) is 33.2 Å². The van der Waals surface area contributed by atoms with Crippen LogP contribution in [0.3, 0.4) is 0 Å². The van der Waals surface area contributed by atoms with E-state index in [9.17, 15) is 9.59 Å². The van der Waals surface area contributed by atoms with Crippen molar-refractivity contribution in [3.05, 3.63) is 29.8 Å². The maximum atomic E-state index is 12.9. The summed E-state index contributed by atoms with van der Waals surface area (Å²) in [7, 11) is 0. The molecule has 0 spiro atoms. The van der Waals surface area contributed by atoms with Crippen LogP contribution in [0.5, 0.6) is 0 Å². The average molecular weight is 332 g/mol. The predicted octanol–water partition coefficient (Wildman–Crippen LogP) is 2.38.